The molecule has 1 saturated heterocycles. The molecule has 1 amide bonds. The summed E-state index contributed by atoms with van der Waals surface area (Å²) < 4.78 is 41.2. The number of nitrogens with one attached hydrogen (secondary N) is 1. The Kier molecular flexibility index (Phi) is 4.99. The minimum atomic E-state index is -4.43. The summed E-state index contributed by atoms with van der Waals surface area (Å²) in [7, 11) is 0. The maximum Gasteiger partial charge on any atom is 0.411 e. The van der Waals surface area contributed by atoms with Crippen LogP contribution in [0.5, 0.6) is 0 Å². The first-order valence-electron chi connectivity index (χ1n) is 8.24. The van der Waals surface area contributed by atoms with Crippen molar-refractivity contribution in [1.82, 2.24) is 14.9 Å². The molecule has 0 radical (unpaired) electrons. The summed E-state index contributed by atoms with van der Waals surface area (Å²) >= 11 is 0. The number of rotatable bonds is 4. The fraction of sp³-hybridized carbons (Fsp3) is 0.529. The number of hydrogen-bond donors (Lipinski definition) is 1. The van der Waals surface area contributed by atoms with Crippen molar-refractivity contribution in [3.05, 3.63) is 30.1 Å². The highest BCUT2D eigenvalue weighted by molar-refractivity contribution is 5.81. The minimum Gasteiger partial charge on any atom is -0.359 e. The average Bonchev–Trinajstić information content (AvgIpc) is 3.02. The van der Waals surface area contributed by atoms with E-state index >= 15 is 0 Å². The van der Waals surface area contributed by atoms with Crippen LogP contribution in [0.4, 0.5) is 13.2 Å². The molecule has 3 rings (SSSR count). The molecule has 0 aliphatic carbocycles. The Hall–Kier alpha value is -2.09. The summed E-state index contributed by atoms with van der Waals surface area (Å²) in [6.45, 7) is 0.983. The number of hydrogen-bond acceptors (Lipinski definition) is 3. The fourth-order valence-corrected chi connectivity index (χ4v) is 3.27. The quantitative estimate of drug-likeness (QED) is 0.916. The van der Waals surface area contributed by atoms with Gasteiger partial charge in [-0.2, -0.15) is 13.2 Å². The van der Waals surface area contributed by atoms with Crippen LogP contribution in [0.1, 0.15) is 31.2 Å². The van der Waals surface area contributed by atoms with Gasteiger partial charge in [-0.1, -0.05) is 0 Å². The Balaban J connectivity index is 1.57. The number of alkyl halides is 3. The molecule has 136 valence electrons. The molecule has 1 N–H and O–H groups in total. The topological polar surface area (TPSA) is 58.2 Å². The number of fused-ring (bicyclic) bond motifs is 1. The molecule has 2 aromatic heterocycles. The van der Waals surface area contributed by atoms with E-state index in [1.807, 2.05) is 18.3 Å². The van der Waals surface area contributed by atoms with Gasteiger partial charge in [0.2, 0.25) is 0 Å². The number of halogens is 3. The molecule has 0 unspecified atom stereocenters. The highest BCUT2D eigenvalue weighted by Gasteiger charge is 2.32. The van der Waals surface area contributed by atoms with Gasteiger partial charge in [-0.3, -0.25) is 4.79 Å². The lowest BCUT2D eigenvalue weighted by Crippen LogP contribution is -2.44. The minimum absolute atomic E-state index is 0.299. The van der Waals surface area contributed by atoms with Gasteiger partial charge >= 0.3 is 6.18 Å². The largest absolute Gasteiger partial charge is 0.411 e. The van der Waals surface area contributed by atoms with Crippen molar-refractivity contribution in [3.8, 4) is 0 Å². The summed E-state index contributed by atoms with van der Waals surface area (Å²) in [6.07, 6.45) is -0.305. The standard InChI is InChI=1S/C17H20F3N3O2/c1-11(25-10-17(18,19)20)16(24)23-7-4-12(5-8-23)14-9-22-15-13(14)3-2-6-21-15/h2-3,6,9,11-12H,4-5,7-8,10H2,1H3,(H,21,22)/t11-/m1/s1. The number of nitrogens with zero attached hydrogens (tertiary/aromatic N) is 2. The molecule has 0 saturated carbocycles. The highest BCUT2D eigenvalue weighted by Crippen LogP contribution is 2.32. The first-order valence-corrected chi connectivity index (χ1v) is 8.24. The van der Waals surface area contributed by atoms with Gasteiger partial charge in [-0.25, -0.2) is 4.98 Å². The molecule has 5 nitrogen and oxygen atoms in total. The van der Waals surface area contributed by atoms with Gasteiger partial charge in [0, 0.05) is 30.9 Å². The summed E-state index contributed by atoms with van der Waals surface area (Å²) in [4.78, 5) is 21.3. The van der Waals surface area contributed by atoms with Crippen LogP contribution in [0, 0.1) is 0 Å². The lowest BCUT2D eigenvalue weighted by molar-refractivity contribution is -0.188. The molecular weight excluding hydrogens is 335 g/mol. The second-order valence-corrected chi connectivity index (χ2v) is 6.31. The van der Waals surface area contributed by atoms with Crippen LogP contribution in [-0.2, 0) is 9.53 Å². The smallest absolute Gasteiger partial charge is 0.359 e. The van der Waals surface area contributed by atoms with Gasteiger partial charge < -0.3 is 14.6 Å². The second kappa shape index (κ2) is 7.03. The second-order valence-electron chi connectivity index (χ2n) is 6.31. The zero-order chi connectivity index (χ0) is 18.0. The Bertz CT molecular complexity index is 736. The van der Waals surface area contributed by atoms with Crippen LogP contribution in [0.25, 0.3) is 11.0 Å². The monoisotopic (exact) mass is 355 g/mol. The average molecular weight is 355 g/mol. The number of carbonyl (C=O) groups excluding carboxylic acids is 1. The molecule has 1 aliphatic heterocycles. The van der Waals surface area contributed by atoms with Crippen LogP contribution in [0.2, 0.25) is 0 Å². The third-order valence-electron chi connectivity index (χ3n) is 4.57. The number of likely N-dealkylation sites (tertiary alicyclic amines) is 1. The summed E-state index contributed by atoms with van der Waals surface area (Å²) in [5, 5.41) is 1.08. The Labute approximate surface area is 143 Å². The summed E-state index contributed by atoms with van der Waals surface area (Å²) in [5.41, 5.74) is 2.02. The summed E-state index contributed by atoms with van der Waals surface area (Å²) in [6, 6.07) is 3.90. The number of piperidine rings is 1. The molecule has 3 heterocycles. The predicted molar refractivity (Wildman–Crippen MR) is 86.1 cm³/mol. The molecule has 1 atom stereocenters. The van der Waals surface area contributed by atoms with E-state index in [9.17, 15) is 18.0 Å². The SMILES string of the molecule is C[C@@H](OCC(F)(F)F)C(=O)N1CCC(c2c[nH]c3ncccc23)CC1. The van der Waals surface area contributed by atoms with Crippen LogP contribution in [0.15, 0.2) is 24.5 Å². The lowest BCUT2D eigenvalue weighted by Gasteiger charge is -2.33. The van der Waals surface area contributed by atoms with Gasteiger partial charge in [-0.15, -0.1) is 0 Å². The van der Waals surface area contributed by atoms with Crippen molar-refractivity contribution < 1.29 is 22.7 Å². The van der Waals surface area contributed by atoms with Crippen LogP contribution < -0.4 is 0 Å². The van der Waals surface area contributed by atoms with Crippen molar-refractivity contribution in [3.63, 3.8) is 0 Å². The molecule has 8 heteroatoms. The molecule has 0 aromatic carbocycles. The molecule has 1 aliphatic rings. The first kappa shape index (κ1) is 17.7. The number of aromatic amines is 1. The van der Waals surface area contributed by atoms with Gasteiger partial charge in [0.15, 0.2) is 0 Å². The van der Waals surface area contributed by atoms with Gasteiger partial charge in [0.1, 0.15) is 18.4 Å². The molecule has 25 heavy (non-hydrogen) atoms. The summed E-state index contributed by atoms with van der Waals surface area (Å²) in [5.74, 6) is -0.0864. The molecule has 1 fully saturated rings. The normalized spacial score (nSPS) is 17.8. The van der Waals surface area contributed by atoms with Gasteiger partial charge in [0.05, 0.1) is 0 Å². The van der Waals surface area contributed by atoms with E-state index in [1.54, 1.807) is 11.1 Å². The maximum atomic E-state index is 12.2. The number of amides is 1. The van der Waals surface area contributed by atoms with E-state index in [1.165, 1.54) is 12.5 Å². The van der Waals surface area contributed by atoms with E-state index < -0.39 is 18.9 Å². The van der Waals surface area contributed by atoms with E-state index in [0.29, 0.717) is 19.0 Å². The Morgan fingerprint density at radius 3 is 2.84 bits per heavy atom. The van der Waals surface area contributed by atoms with Crippen LogP contribution in [0.3, 0.4) is 0 Å². The number of aromatic nitrogens is 2. The van der Waals surface area contributed by atoms with E-state index in [0.717, 1.165) is 23.9 Å². The van der Waals surface area contributed by atoms with Crippen molar-refractivity contribution in [2.45, 2.75) is 38.0 Å². The van der Waals surface area contributed by atoms with E-state index in [4.69, 9.17) is 0 Å². The predicted octanol–water partition coefficient (Wildman–Crippen LogP) is 3.24. The maximum absolute atomic E-state index is 12.2. The van der Waals surface area contributed by atoms with Gasteiger partial charge in [0.25, 0.3) is 5.91 Å². The zero-order valence-corrected chi connectivity index (χ0v) is 13.8. The Morgan fingerprint density at radius 1 is 1.44 bits per heavy atom. The van der Waals surface area contributed by atoms with E-state index in [-0.39, 0.29) is 5.91 Å². The van der Waals surface area contributed by atoms with Gasteiger partial charge in [-0.05, 0) is 43.4 Å². The molecule has 2 aromatic rings. The van der Waals surface area contributed by atoms with Crippen molar-refractivity contribution in [2.24, 2.45) is 0 Å². The number of carbonyl (C=O) groups is 1. The number of H-pyrrole nitrogens is 1. The third kappa shape index (κ3) is 4.12. The number of ether oxygens (including phenoxy) is 1. The number of pyridine rings is 1. The zero-order valence-electron chi connectivity index (χ0n) is 13.8. The van der Waals surface area contributed by atoms with Crippen molar-refractivity contribution in [2.75, 3.05) is 19.7 Å². The molecular formula is C17H20F3N3O2. The van der Waals surface area contributed by atoms with Crippen LogP contribution >= 0.6 is 0 Å². The van der Waals surface area contributed by atoms with Crippen LogP contribution in [-0.4, -0.2) is 52.8 Å². The van der Waals surface area contributed by atoms with E-state index in [2.05, 4.69) is 14.7 Å². The van der Waals surface area contributed by atoms with Crippen molar-refractivity contribution in [1.29, 1.82) is 0 Å². The van der Waals surface area contributed by atoms with Crippen molar-refractivity contribution >= 4 is 16.9 Å². The lowest BCUT2D eigenvalue weighted by atomic mass is 9.89. The highest BCUT2D eigenvalue weighted by atomic mass is 19.4. The third-order valence-corrected chi connectivity index (χ3v) is 4.57. The fourth-order valence-electron chi connectivity index (χ4n) is 3.27. The molecule has 0 spiro atoms. The first-order chi connectivity index (χ1) is 11.8. The molecule has 0 bridgehead atoms. The Morgan fingerprint density at radius 2 is 2.16 bits per heavy atom.